The lowest BCUT2D eigenvalue weighted by Gasteiger charge is -2.39. The van der Waals surface area contributed by atoms with Crippen LogP contribution in [0.4, 0.5) is 4.79 Å². The number of alkyl carbamates (subject to hydrolysis) is 1. The van der Waals surface area contributed by atoms with Gasteiger partial charge in [0.2, 0.25) is 0 Å². The molecule has 0 radical (unpaired) electrons. The molecule has 1 amide bonds. The summed E-state index contributed by atoms with van der Waals surface area (Å²) in [7, 11) is 0. The molecule has 27 heavy (non-hydrogen) atoms. The van der Waals surface area contributed by atoms with Crippen molar-refractivity contribution in [2.24, 2.45) is 0 Å². The van der Waals surface area contributed by atoms with Gasteiger partial charge < -0.3 is 15.4 Å². The molecule has 4 heteroatoms. The van der Waals surface area contributed by atoms with Crippen molar-refractivity contribution in [1.82, 2.24) is 10.6 Å². The first-order chi connectivity index (χ1) is 12.9. The maximum absolute atomic E-state index is 12.5. The lowest BCUT2D eigenvalue weighted by Crippen LogP contribution is -2.52. The first-order valence-corrected chi connectivity index (χ1v) is 10.7. The van der Waals surface area contributed by atoms with Crippen molar-refractivity contribution in [1.29, 1.82) is 0 Å². The quantitative estimate of drug-likeness (QED) is 0.802. The van der Waals surface area contributed by atoms with Crippen molar-refractivity contribution in [2.75, 3.05) is 6.54 Å². The fourth-order valence-electron chi connectivity index (χ4n) is 4.59. The summed E-state index contributed by atoms with van der Waals surface area (Å²) in [4.78, 5) is 12.5. The van der Waals surface area contributed by atoms with Crippen LogP contribution in [0, 0.1) is 0 Å². The minimum atomic E-state index is -0.452. The van der Waals surface area contributed by atoms with E-state index in [1.165, 1.54) is 30.4 Å². The Bertz CT molecular complexity index is 630. The Morgan fingerprint density at radius 3 is 2.59 bits per heavy atom. The molecule has 0 aromatic heterocycles. The zero-order valence-corrected chi connectivity index (χ0v) is 17.3. The van der Waals surface area contributed by atoms with Gasteiger partial charge in [0.05, 0.1) is 0 Å². The largest absolute Gasteiger partial charge is 0.444 e. The molecule has 4 nitrogen and oxygen atoms in total. The second-order valence-electron chi connectivity index (χ2n) is 9.38. The van der Waals surface area contributed by atoms with E-state index in [0.29, 0.717) is 6.04 Å². The molecular formula is C23H36N2O2. The smallest absolute Gasteiger partial charge is 0.408 e. The lowest BCUT2D eigenvalue weighted by atomic mass is 9.77. The summed E-state index contributed by atoms with van der Waals surface area (Å²) in [5, 5.41) is 7.01. The van der Waals surface area contributed by atoms with Crippen molar-refractivity contribution in [3.05, 3.63) is 35.4 Å². The number of rotatable bonds is 4. The zero-order valence-electron chi connectivity index (χ0n) is 17.3. The van der Waals surface area contributed by atoms with Crippen LogP contribution < -0.4 is 10.6 Å². The van der Waals surface area contributed by atoms with E-state index in [1.54, 1.807) is 0 Å². The number of carbonyl (C=O) groups is 1. The van der Waals surface area contributed by atoms with Gasteiger partial charge in [0.25, 0.3) is 0 Å². The summed E-state index contributed by atoms with van der Waals surface area (Å²) in [5.41, 5.74) is 2.40. The molecule has 0 spiro atoms. The van der Waals surface area contributed by atoms with Crippen molar-refractivity contribution >= 4 is 6.09 Å². The molecule has 1 saturated carbocycles. The number of hydrogen-bond acceptors (Lipinski definition) is 3. The van der Waals surface area contributed by atoms with E-state index in [2.05, 4.69) is 34.9 Å². The molecule has 1 aromatic rings. The normalized spacial score (nSPS) is 22.4. The van der Waals surface area contributed by atoms with Gasteiger partial charge in [-0.1, -0.05) is 43.5 Å². The number of ether oxygens (including phenoxy) is 1. The molecule has 1 aliphatic carbocycles. The van der Waals surface area contributed by atoms with E-state index in [4.69, 9.17) is 4.74 Å². The summed E-state index contributed by atoms with van der Waals surface area (Å²) in [6.45, 7) is 6.81. The number of carbonyl (C=O) groups excluding carboxylic acids is 1. The average Bonchev–Trinajstić information content (AvgIpc) is 2.81. The van der Waals surface area contributed by atoms with Gasteiger partial charge >= 0.3 is 6.09 Å². The molecule has 2 N–H and O–H groups in total. The van der Waals surface area contributed by atoms with Gasteiger partial charge in [-0.2, -0.15) is 0 Å². The topological polar surface area (TPSA) is 50.4 Å². The third-order valence-electron chi connectivity index (χ3n) is 5.96. The third-order valence-corrected chi connectivity index (χ3v) is 5.96. The predicted molar refractivity (Wildman–Crippen MR) is 110 cm³/mol. The van der Waals surface area contributed by atoms with E-state index in [9.17, 15) is 4.79 Å². The van der Waals surface area contributed by atoms with Gasteiger partial charge in [-0.05, 0) is 77.0 Å². The standard InChI is InChI=1S/C23H36N2O2/c1-22(2,3)27-21(26)25-23(13-7-4-8-14-23)15-11-20-17-19-10-6-5-9-18(19)12-16-24-20/h5-6,9-10,20,24H,4,7-8,11-17H2,1-3H3,(H,25,26). The minimum Gasteiger partial charge on any atom is -0.444 e. The SMILES string of the molecule is CC(C)(C)OC(=O)NC1(CCC2Cc3ccccc3CCN2)CCCCC1. The molecule has 1 fully saturated rings. The molecule has 0 bridgehead atoms. The summed E-state index contributed by atoms with van der Waals surface area (Å²) in [6.07, 6.45) is 9.82. The highest BCUT2D eigenvalue weighted by atomic mass is 16.6. The van der Waals surface area contributed by atoms with Gasteiger partial charge in [-0.3, -0.25) is 0 Å². The van der Waals surface area contributed by atoms with E-state index in [1.807, 2.05) is 20.8 Å². The van der Waals surface area contributed by atoms with Crippen LogP contribution in [0.5, 0.6) is 0 Å². The van der Waals surface area contributed by atoms with Gasteiger partial charge in [-0.25, -0.2) is 4.79 Å². The second kappa shape index (κ2) is 8.64. The average molecular weight is 373 g/mol. The van der Waals surface area contributed by atoms with E-state index in [0.717, 1.165) is 45.1 Å². The first-order valence-electron chi connectivity index (χ1n) is 10.7. The number of nitrogens with one attached hydrogen (secondary N) is 2. The lowest BCUT2D eigenvalue weighted by molar-refractivity contribution is 0.0411. The molecular weight excluding hydrogens is 336 g/mol. The highest BCUT2D eigenvalue weighted by Gasteiger charge is 2.35. The molecule has 1 aromatic carbocycles. The highest BCUT2D eigenvalue weighted by molar-refractivity contribution is 5.68. The Hall–Kier alpha value is -1.55. The molecule has 3 rings (SSSR count). The van der Waals surface area contributed by atoms with Crippen LogP contribution >= 0.6 is 0 Å². The van der Waals surface area contributed by atoms with Crippen molar-refractivity contribution < 1.29 is 9.53 Å². The molecule has 1 aliphatic heterocycles. The van der Waals surface area contributed by atoms with Gasteiger partial charge in [0.15, 0.2) is 0 Å². The molecule has 150 valence electrons. The Morgan fingerprint density at radius 1 is 1.19 bits per heavy atom. The second-order valence-corrected chi connectivity index (χ2v) is 9.38. The van der Waals surface area contributed by atoms with E-state index >= 15 is 0 Å². The van der Waals surface area contributed by atoms with Crippen LogP contribution in [-0.4, -0.2) is 29.8 Å². The summed E-state index contributed by atoms with van der Waals surface area (Å²) >= 11 is 0. The first kappa shape index (κ1) is 20.2. The number of fused-ring (bicyclic) bond motifs is 1. The van der Waals surface area contributed by atoms with Gasteiger partial charge in [0, 0.05) is 11.6 Å². The van der Waals surface area contributed by atoms with Crippen LogP contribution in [0.3, 0.4) is 0 Å². The van der Waals surface area contributed by atoms with Crippen LogP contribution in [0.2, 0.25) is 0 Å². The molecule has 2 aliphatic rings. The number of hydrogen-bond donors (Lipinski definition) is 2. The third kappa shape index (κ3) is 5.97. The maximum Gasteiger partial charge on any atom is 0.408 e. The van der Waals surface area contributed by atoms with Crippen molar-refractivity contribution in [3.8, 4) is 0 Å². The Morgan fingerprint density at radius 2 is 1.89 bits per heavy atom. The van der Waals surface area contributed by atoms with Crippen molar-refractivity contribution in [2.45, 2.75) is 95.7 Å². The van der Waals surface area contributed by atoms with Gasteiger partial charge in [0.1, 0.15) is 5.60 Å². The predicted octanol–water partition coefficient (Wildman–Crippen LogP) is 4.75. The molecule has 0 saturated heterocycles. The maximum atomic E-state index is 12.5. The monoisotopic (exact) mass is 372 g/mol. The van der Waals surface area contributed by atoms with Crippen LogP contribution in [0.25, 0.3) is 0 Å². The van der Waals surface area contributed by atoms with Crippen LogP contribution in [-0.2, 0) is 17.6 Å². The molecule has 1 heterocycles. The summed E-state index contributed by atoms with van der Waals surface area (Å²) in [6, 6.07) is 9.29. The number of benzene rings is 1. The molecule has 1 atom stereocenters. The van der Waals surface area contributed by atoms with Gasteiger partial charge in [-0.15, -0.1) is 0 Å². The van der Waals surface area contributed by atoms with Crippen LogP contribution in [0.15, 0.2) is 24.3 Å². The highest BCUT2D eigenvalue weighted by Crippen LogP contribution is 2.33. The fraction of sp³-hybridized carbons (Fsp3) is 0.696. The van der Waals surface area contributed by atoms with E-state index < -0.39 is 5.60 Å². The van der Waals surface area contributed by atoms with E-state index in [-0.39, 0.29) is 11.6 Å². The Kier molecular flexibility index (Phi) is 6.46. The number of amides is 1. The van der Waals surface area contributed by atoms with Crippen LogP contribution in [0.1, 0.15) is 76.8 Å². The van der Waals surface area contributed by atoms with Crippen molar-refractivity contribution in [3.63, 3.8) is 0 Å². The zero-order chi connectivity index (χ0) is 19.3. The summed E-state index contributed by atoms with van der Waals surface area (Å²) in [5.74, 6) is 0. The Balaban J connectivity index is 1.62. The Labute approximate surface area is 164 Å². The molecule has 1 unspecified atom stereocenters. The minimum absolute atomic E-state index is 0.103. The summed E-state index contributed by atoms with van der Waals surface area (Å²) < 4.78 is 5.56. The fourth-order valence-corrected chi connectivity index (χ4v) is 4.59.